The van der Waals surface area contributed by atoms with Crippen LogP contribution in [0.25, 0.3) is 0 Å². The summed E-state index contributed by atoms with van der Waals surface area (Å²) in [4.78, 5) is 19.3. The third-order valence-corrected chi connectivity index (χ3v) is 7.72. The third kappa shape index (κ3) is 6.19. The van der Waals surface area contributed by atoms with E-state index in [1.807, 2.05) is 19.1 Å². The van der Waals surface area contributed by atoms with Crippen molar-refractivity contribution in [3.05, 3.63) is 75.9 Å². The average molecular weight is 505 g/mol. The zero-order chi connectivity index (χ0) is 25.8. The molecule has 1 fully saturated rings. The van der Waals surface area contributed by atoms with E-state index in [4.69, 9.17) is 9.26 Å². The van der Waals surface area contributed by atoms with E-state index in [-0.39, 0.29) is 12.5 Å². The van der Waals surface area contributed by atoms with E-state index < -0.39 is 6.10 Å². The minimum atomic E-state index is -0.641. The van der Waals surface area contributed by atoms with Gasteiger partial charge in [0.1, 0.15) is 18.6 Å². The number of carbonyl (C=O) groups excluding carboxylic acids is 1. The van der Waals surface area contributed by atoms with Gasteiger partial charge in [-0.15, -0.1) is 0 Å². The second-order valence-corrected chi connectivity index (χ2v) is 10.4. The van der Waals surface area contributed by atoms with E-state index >= 15 is 0 Å². The number of β-amino-alcohol motifs (C(OH)–C–C–N with tert-alkyl or cyclic N) is 1. The van der Waals surface area contributed by atoms with Crippen molar-refractivity contribution < 1.29 is 19.2 Å². The minimum Gasteiger partial charge on any atom is -0.488 e. The zero-order valence-electron chi connectivity index (χ0n) is 21.7. The van der Waals surface area contributed by atoms with Gasteiger partial charge in [-0.3, -0.25) is 14.7 Å². The van der Waals surface area contributed by atoms with Crippen molar-refractivity contribution in [2.24, 2.45) is 5.92 Å². The van der Waals surface area contributed by atoms with Crippen LogP contribution in [0.4, 0.5) is 0 Å². The maximum absolute atomic E-state index is 12.7. The standard InChI is InChI=1S/C29H36N4O4/c1-19-27-9-11-33(15-23(27)6-7-28(19)36-17-24-18-37-32-20(24)2)16-26(34)14-31-29(35)22-8-10-30-25(13-22)12-21-4-3-5-21/h6-8,10,13,18,21,26,34H,3-5,9,11-12,14-17H2,1-2H3,(H,31,35)/t26-/m0/s1. The molecule has 0 bridgehead atoms. The first-order valence-corrected chi connectivity index (χ1v) is 13.2. The lowest BCUT2D eigenvalue weighted by Crippen LogP contribution is -2.42. The molecule has 1 aliphatic heterocycles. The number of ether oxygens (including phenoxy) is 1. The highest BCUT2D eigenvalue weighted by Gasteiger charge is 2.23. The number of rotatable bonds is 10. The molecule has 0 radical (unpaired) electrons. The Morgan fingerprint density at radius 1 is 1.30 bits per heavy atom. The molecule has 1 saturated carbocycles. The quantitative estimate of drug-likeness (QED) is 0.434. The van der Waals surface area contributed by atoms with Crippen molar-refractivity contribution in [1.29, 1.82) is 0 Å². The highest BCUT2D eigenvalue weighted by Crippen LogP contribution is 2.30. The normalized spacial score (nSPS) is 16.6. The van der Waals surface area contributed by atoms with Crippen LogP contribution in [0.5, 0.6) is 5.75 Å². The summed E-state index contributed by atoms with van der Waals surface area (Å²) in [5.41, 5.74) is 7.10. The van der Waals surface area contributed by atoms with Crippen LogP contribution in [-0.2, 0) is 26.0 Å². The van der Waals surface area contributed by atoms with Crippen LogP contribution >= 0.6 is 0 Å². The van der Waals surface area contributed by atoms with Crippen LogP contribution in [0.1, 0.15) is 63.3 Å². The van der Waals surface area contributed by atoms with Crippen LogP contribution in [-0.4, -0.2) is 51.8 Å². The molecule has 0 saturated heterocycles. The van der Waals surface area contributed by atoms with Gasteiger partial charge in [0.2, 0.25) is 0 Å². The predicted octanol–water partition coefficient (Wildman–Crippen LogP) is 3.76. The van der Waals surface area contributed by atoms with Gasteiger partial charge in [0.25, 0.3) is 5.91 Å². The van der Waals surface area contributed by atoms with Crippen molar-refractivity contribution in [2.45, 2.75) is 65.2 Å². The number of aliphatic hydroxyl groups is 1. The lowest BCUT2D eigenvalue weighted by molar-refractivity contribution is 0.0841. The van der Waals surface area contributed by atoms with Crippen LogP contribution < -0.4 is 10.1 Å². The first kappa shape index (κ1) is 25.4. The largest absolute Gasteiger partial charge is 0.488 e. The zero-order valence-corrected chi connectivity index (χ0v) is 21.7. The molecule has 2 N–H and O–H groups in total. The van der Waals surface area contributed by atoms with E-state index in [2.05, 4.69) is 33.3 Å². The van der Waals surface area contributed by atoms with E-state index in [0.717, 1.165) is 54.2 Å². The number of aromatic nitrogens is 2. The molecule has 3 heterocycles. The number of nitrogens with zero attached hydrogens (tertiary/aromatic N) is 3. The molecule has 1 aliphatic carbocycles. The number of hydrogen-bond acceptors (Lipinski definition) is 7. The Labute approximate surface area is 218 Å². The summed E-state index contributed by atoms with van der Waals surface area (Å²) in [6.07, 6.45) is 8.33. The predicted molar refractivity (Wildman–Crippen MR) is 139 cm³/mol. The van der Waals surface area contributed by atoms with Gasteiger partial charge in [-0.2, -0.15) is 0 Å². The fourth-order valence-electron chi connectivity index (χ4n) is 5.20. The lowest BCUT2D eigenvalue weighted by Gasteiger charge is -2.31. The Morgan fingerprint density at radius 2 is 2.16 bits per heavy atom. The molecule has 5 rings (SSSR count). The highest BCUT2D eigenvalue weighted by molar-refractivity contribution is 5.94. The molecule has 0 spiro atoms. The summed E-state index contributed by atoms with van der Waals surface area (Å²) >= 11 is 0. The van der Waals surface area contributed by atoms with Crippen LogP contribution in [0, 0.1) is 19.8 Å². The number of nitrogens with one attached hydrogen (secondary N) is 1. The Morgan fingerprint density at radius 3 is 2.92 bits per heavy atom. The van der Waals surface area contributed by atoms with Gasteiger partial charge >= 0.3 is 0 Å². The number of fused-ring (bicyclic) bond motifs is 1. The maximum atomic E-state index is 12.7. The highest BCUT2D eigenvalue weighted by atomic mass is 16.5. The number of hydrogen-bond donors (Lipinski definition) is 2. The topological polar surface area (TPSA) is 101 Å². The molecule has 2 aliphatic rings. The van der Waals surface area contributed by atoms with E-state index in [1.165, 1.54) is 30.4 Å². The van der Waals surface area contributed by atoms with Gasteiger partial charge in [-0.25, -0.2) is 0 Å². The van der Waals surface area contributed by atoms with Gasteiger partial charge in [-0.1, -0.05) is 30.5 Å². The molecule has 196 valence electrons. The molecular weight excluding hydrogens is 468 g/mol. The molecule has 1 atom stereocenters. The molecule has 8 heteroatoms. The number of aryl methyl sites for hydroxylation is 1. The van der Waals surface area contributed by atoms with E-state index in [0.29, 0.717) is 24.6 Å². The van der Waals surface area contributed by atoms with Crippen LogP contribution in [0.15, 0.2) is 41.2 Å². The van der Waals surface area contributed by atoms with Gasteiger partial charge < -0.3 is 19.7 Å². The SMILES string of the molecule is Cc1nocc1COc1ccc2c(c1C)CCN(C[C@@H](O)CNC(=O)c1ccnc(CC3CCC3)c1)C2. The Bertz CT molecular complexity index is 1240. The molecule has 1 amide bonds. The van der Waals surface area contributed by atoms with Crippen molar-refractivity contribution in [3.63, 3.8) is 0 Å². The van der Waals surface area contributed by atoms with E-state index in [9.17, 15) is 9.90 Å². The summed E-state index contributed by atoms with van der Waals surface area (Å²) in [6.45, 7) is 6.78. The second kappa shape index (κ2) is 11.4. The summed E-state index contributed by atoms with van der Waals surface area (Å²) in [6, 6.07) is 7.75. The number of aliphatic hydroxyl groups excluding tert-OH is 1. The first-order chi connectivity index (χ1) is 18.0. The van der Waals surface area contributed by atoms with E-state index in [1.54, 1.807) is 18.5 Å². The molecule has 3 aromatic rings. The number of pyridine rings is 1. The number of benzene rings is 1. The van der Waals surface area contributed by atoms with Crippen molar-refractivity contribution >= 4 is 5.91 Å². The van der Waals surface area contributed by atoms with Crippen LogP contribution in [0.3, 0.4) is 0 Å². The van der Waals surface area contributed by atoms with Gasteiger partial charge in [0, 0.05) is 43.6 Å². The molecule has 37 heavy (non-hydrogen) atoms. The molecule has 1 aromatic carbocycles. The van der Waals surface area contributed by atoms with Crippen molar-refractivity contribution in [3.8, 4) is 5.75 Å². The smallest absolute Gasteiger partial charge is 0.251 e. The Balaban J connectivity index is 1.10. The lowest BCUT2D eigenvalue weighted by atomic mass is 9.82. The first-order valence-electron chi connectivity index (χ1n) is 13.2. The maximum Gasteiger partial charge on any atom is 0.251 e. The molecule has 2 aromatic heterocycles. The fourth-order valence-corrected chi connectivity index (χ4v) is 5.20. The number of amides is 1. The summed E-state index contributed by atoms with van der Waals surface area (Å²) in [7, 11) is 0. The molecule has 0 unspecified atom stereocenters. The summed E-state index contributed by atoms with van der Waals surface area (Å²) < 4.78 is 11.0. The minimum absolute atomic E-state index is 0.162. The van der Waals surface area contributed by atoms with Crippen molar-refractivity contribution in [2.75, 3.05) is 19.6 Å². The van der Waals surface area contributed by atoms with Gasteiger partial charge in [0.15, 0.2) is 0 Å². The third-order valence-electron chi connectivity index (χ3n) is 7.72. The summed E-state index contributed by atoms with van der Waals surface area (Å²) in [5, 5.41) is 17.4. The van der Waals surface area contributed by atoms with Crippen molar-refractivity contribution in [1.82, 2.24) is 20.4 Å². The average Bonchev–Trinajstić information content (AvgIpc) is 3.29. The monoisotopic (exact) mass is 504 g/mol. The fraction of sp³-hybridized carbons (Fsp3) is 0.483. The van der Waals surface area contributed by atoms with Gasteiger partial charge in [-0.05, 0) is 67.5 Å². The Kier molecular flexibility index (Phi) is 7.86. The molecular formula is C29H36N4O4. The second-order valence-electron chi connectivity index (χ2n) is 10.4. The Hall–Kier alpha value is -3.23. The van der Waals surface area contributed by atoms with Gasteiger partial charge in [0.05, 0.1) is 17.4 Å². The molecule has 8 nitrogen and oxygen atoms in total. The summed E-state index contributed by atoms with van der Waals surface area (Å²) in [5.74, 6) is 1.42. The number of carbonyl (C=O) groups is 1. The van der Waals surface area contributed by atoms with Crippen LogP contribution in [0.2, 0.25) is 0 Å².